The standard InChI is InChI=1S/C15H19N3O3/c1-11(21-13-7-5-4-6-12(13)19-2)10-17-15-16-9-8-14(18-15)20-3/h4-9,11H,10H2,1-3H3,(H,16,17,18). The monoisotopic (exact) mass is 289 g/mol. The SMILES string of the molecule is COc1ccnc(NCC(C)Oc2ccccc2OC)n1. The summed E-state index contributed by atoms with van der Waals surface area (Å²) < 4.78 is 16.1. The number of nitrogens with zero attached hydrogens (tertiary/aromatic N) is 2. The molecule has 6 heteroatoms. The summed E-state index contributed by atoms with van der Waals surface area (Å²) in [5.41, 5.74) is 0. The third-order valence-electron chi connectivity index (χ3n) is 2.78. The topological polar surface area (TPSA) is 65.5 Å². The van der Waals surface area contributed by atoms with E-state index < -0.39 is 0 Å². The van der Waals surface area contributed by atoms with E-state index in [4.69, 9.17) is 14.2 Å². The van der Waals surface area contributed by atoms with Crippen molar-refractivity contribution in [1.82, 2.24) is 9.97 Å². The van der Waals surface area contributed by atoms with Crippen molar-refractivity contribution in [3.63, 3.8) is 0 Å². The van der Waals surface area contributed by atoms with E-state index in [0.717, 1.165) is 0 Å². The van der Waals surface area contributed by atoms with Crippen molar-refractivity contribution < 1.29 is 14.2 Å². The molecule has 1 unspecified atom stereocenters. The molecule has 0 radical (unpaired) electrons. The fourth-order valence-corrected chi connectivity index (χ4v) is 1.75. The molecule has 21 heavy (non-hydrogen) atoms. The lowest BCUT2D eigenvalue weighted by Gasteiger charge is -2.17. The normalized spacial score (nSPS) is 11.6. The summed E-state index contributed by atoms with van der Waals surface area (Å²) in [5.74, 6) is 2.44. The minimum absolute atomic E-state index is 0.0731. The first-order chi connectivity index (χ1) is 10.2. The van der Waals surface area contributed by atoms with Crippen molar-refractivity contribution in [1.29, 1.82) is 0 Å². The molecule has 0 amide bonds. The largest absolute Gasteiger partial charge is 0.493 e. The zero-order valence-corrected chi connectivity index (χ0v) is 12.4. The van der Waals surface area contributed by atoms with Gasteiger partial charge in [0.15, 0.2) is 11.5 Å². The Morgan fingerprint density at radius 2 is 1.86 bits per heavy atom. The van der Waals surface area contributed by atoms with E-state index in [2.05, 4.69) is 15.3 Å². The van der Waals surface area contributed by atoms with Gasteiger partial charge in [-0.25, -0.2) is 4.98 Å². The molecule has 1 aromatic carbocycles. The molecule has 0 bridgehead atoms. The molecule has 0 fully saturated rings. The Balaban J connectivity index is 1.91. The first-order valence-corrected chi connectivity index (χ1v) is 6.63. The van der Waals surface area contributed by atoms with E-state index in [9.17, 15) is 0 Å². The fraction of sp³-hybridized carbons (Fsp3) is 0.333. The Morgan fingerprint density at radius 3 is 2.57 bits per heavy atom. The van der Waals surface area contributed by atoms with Gasteiger partial charge in [0, 0.05) is 12.3 Å². The van der Waals surface area contributed by atoms with Gasteiger partial charge >= 0.3 is 0 Å². The first-order valence-electron chi connectivity index (χ1n) is 6.63. The number of ether oxygens (including phenoxy) is 3. The van der Waals surface area contributed by atoms with Crippen LogP contribution in [-0.2, 0) is 0 Å². The van der Waals surface area contributed by atoms with Crippen molar-refractivity contribution >= 4 is 5.95 Å². The minimum Gasteiger partial charge on any atom is -0.493 e. The average Bonchev–Trinajstić information content (AvgIpc) is 2.53. The molecule has 0 aliphatic carbocycles. The van der Waals surface area contributed by atoms with Gasteiger partial charge in [0.2, 0.25) is 11.8 Å². The van der Waals surface area contributed by atoms with E-state index in [1.54, 1.807) is 26.5 Å². The van der Waals surface area contributed by atoms with Crippen LogP contribution in [0.15, 0.2) is 36.5 Å². The van der Waals surface area contributed by atoms with Gasteiger partial charge in [0.05, 0.1) is 20.8 Å². The Bertz CT molecular complexity index is 578. The molecule has 0 saturated heterocycles. The predicted molar refractivity (Wildman–Crippen MR) is 80.2 cm³/mol. The molecule has 2 rings (SSSR count). The molecule has 1 heterocycles. The summed E-state index contributed by atoms with van der Waals surface area (Å²) in [4.78, 5) is 8.30. The summed E-state index contributed by atoms with van der Waals surface area (Å²) in [5, 5.41) is 3.11. The summed E-state index contributed by atoms with van der Waals surface area (Å²) >= 11 is 0. The maximum absolute atomic E-state index is 5.84. The van der Waals surface area contributed by atoms with Crippen LogP contribution in [0.25, 0.3) is 0 Å². The molecule has 0 spiro atoms. The van der Waals surface area contributed by atoms with Crippen LogP contribution in [0.1, 0.15) is 6.92 Å². The highest BCUT2D eigenvalue weighted by Gasteiger charge is 2.09. The molecule has 112 valence electrons. The van der Waals surface area contributed by atoms with E-state index in [1.165, 1.54) is 0 Å². The fourth-order valence-electron chi connectivity index (χ4n) is 1.75. The lowest BCUT2D eigenvalue weighted by atomic mass is 10.3. The van der Waals surface area contributed by atoms with Gasteiger partial charge < -0.3 is 19.5 Å². The molecule has 2 aromatic rings. The number of hydrogen-bond donors (Lipinski definition) is 1. The van der Waals surface area contributed by atoms with Gasteiger partial charge in [-0.05, 0) is 19.1 Å². The highest BCUT2D eigenvalue weighted by molar-refractivity contribution is 5.39. The molecule has 1 aromatic heterocycles. The van der Waals surface area contributed by atoms with Gasteiger partial charge in [-0.3, -0.25) is 0 Å². The smallest absolute Gasteiger partial charge is 0.226 e. The molecule has 1 atom stereocenters. The molecule has 6 nitrogen and oxygen atoms in total. The number of anilines is 1. The highest BCUT2D eigenvalue weighted by atomic mass is 16.5. The number of para-hydroxylation sites is 2. The van der Waals surface area contributed by atoms with Crippen molar-refractivity contribution in [2.24, 2.45) is 0 Å². The molecule has 0 aliphatic heterocycles. The molecule has 0 saturated carbocycles. The minimum atomic E-state index is -0.0731. The summed E-state index contributed by atoms with van der Waals surface area (Å²) in [6, 6.07) is 9.24. The van der Waals surface area contributed by atoms with Crippen LogP contribution in [0.5, 0.6) is 17.4 Å². The van der Waals surface area contributed by atoms with E-state index in [-0.39, 0.29) is 6.10 Å². The molecule has 0 aliphatic rings. The Hall–Kier alpha value is -2.50. The Labute approximate surface area is 124 Å². The Kier molecular flexibility index (Phi) is 5.20. The quantitative estimate of drug-likeness (QED) is 0.844. The second-order valence-corrected chi connectivity index (χ2v) is 4.38. The van der Waals surface area contributed by atoms with Crippen LogP contribution in [0.4, 0.5) is 5.95 Å². The molecular weight excluding hydrogens is 270 g/mol. The summed E-state index contributed by atoms with van der Waals surface area (Å²) in [7, 11) is 3.19. The number of nitrogens with one attached hydrogen (secondary N) is 1. The van der Waals surface area contributed by atoms with Crippen LogP contribution in [0.2, 0.25) is 0 Å². The highest BCUT2D eigenvalue weighted by Crippen LogP contribution is 2.26. The number of methoxy groups -OCH3 is 2. The van der Waals surface area contributed by atoms with Gasteiger partial charge in [0.1, 0.15) is 6.10 Å². The Morgan fingerprint density at radius 1 is 1.10 bits per heavy atom. The number of hydrogen-bond acceptors (Lipinski definition) is 6. The van der Waals surface area contributed by atoms with E-state index in [0.29, 0.717) is 29.9 Å². The second-order valence-electron chi connectivity index (χ2n) is 4.38. The average molecular weight is 289 g/mol. The van der Waals surface area contributed by atoms with Crippen molar-refractivity contribution in [2.75, 3.05) is 26.1 Å². The first kappa shape index (κ1) is 14.9. The number of rotatable bonds is 7. The van der Waals surface area contributed by atoms with Crippen molar-refractivity contribution in [2.45, 2.75) is 13.0 Å². The lowest BCUT2D eigenvalue weighted by molar-refractivity contribution is 0.223. The maximum atomic E-state index is 5.84. The lowest BCUT2D eigenvalue weighted by Crippen LogP contribution is -2.23. The van der Waals surface area contributed by atoms with Crippen LogP contribution >= 0.6 is 0 Å². The van der Waals surface area contributed by atoms with Gasteiger partial charge in [-0.2, -0.15) is 4.98 Å². The summed E-state index contributed by atoms with van der Waals surface area (Å²) in [6.45, 7) is 2.52. The zero-order valence-electron chi connectivity index (χ0n) is 12.4. The van der Waals surface area contributed by atoms with Gasteiger partial charge in [-0.15, -0.1) is 0 Å². The molecule has 1 N–H and O–H groups in total. The third kappa shape index (κ3) is 4.24. The van der Waals surface area contributed by atoms with E-state index >= 15 is 0 Å². The summed E-state index contributed by atoms with van der Waals surface area (Å²) in [6.07, 6.45) is 1.57. The van der Waals surface area contributed by atoms with Crippen LogP contribution in [0, 0.1) is 0 Å². The van der Waals surface area contributed by atoms with Crippen LogP contribution < -0.4 is 19.5 Å². The maximum Gasteiger partial charge on any atom is 0.226 e. The van der Waals surface area contributed by atoms with Gasteiger partial charge in [0.25, 0.3) is 0 Å². The van der Waals surface area contributed by atoms with Crippen LogP contribution in [-0.4, -0.2) is 36.8 Å². The zero-order chi connectivity index (χ0) is 15.1. The third-order valence-corrected chi connectivity index (χ3v) is 2.78. The number of benzene rings is 1. The molecular formula is C15H19N3O3. The van der Waals surface area contributed by atoms with Crippen LogP contribution in [0.3, 0.4) is 0 Å². The number of aromatic nitrogens is 2. The van der Waals surface area contributed by atoms with Crippen molar-refractivity contribution in [3.05, 3.63) is 36.5 Å². The second kappa shape index (κ2) is 7.33. The van der Waals surface area contributed by atoms with Crippen molar-refractivity contribution in [3.8, 4) is 17.4 Å². The van der Waals surface area contributed by atoms with E-state index in [1.807, 2.05) is 31.2 Å². The van der Waals surface area contributed by atoms with Gasteiger partial charge in [-0.1, -0.05) is 12.1 Å². The predicted octanol–water partition coefficient (Wildman–Crippen LogP) is 2.37.